The quantitative estimate of drug-likeness (QED) is 0.908. The van der Waals surface area contributed by atoms with Crippen molar-refractivity contribution in [3.63, 3.8) is 0 Å². The Morgan fingerprint density at radius 1 is 1.16 bits per heavy atom. The zero-order valence-corrected chi connectivity index (χ0v) is 15.7. The highest BCUT2D eigenvalue weighted by Crippen LogP contribution is 2.17. The highest BCUT2D eigenvalue weighted by Gasteiger charge is 2.24. The first kappa shape index (κ1) is 18.4. The molecule has 3 rings (SSSR count). The first-order valence-corrected chi connectivity index (χ1v) is 9.47. The van der Waals surface area contributed by atoms with Crippen molar-refractivity contribution >= 4 is 5.91 Å². The molecule has 1 aromatic carbocycles. The summed E-state index contributed by atoms with van der Waals surface area (Å²) in [5.41, 5.74) is 2.04. The number of nitrogens with zero attached hydrogens (tertiary/aromatic N) is 2. The van der Waals surface area contributed by atoms with Gasteiger partial charge in [0.25, 0.3) is 5.91 Å². The van der Waals surface area contributed by atoms with Gasteiger partial charge in [0.15, 0.2) is 0 Å². The van der Waals surface area contributed by atoms with Crippen LogP contribution in [0.5, 0.6) is 0 Å². The van der Waals surface area contributed by atoms with Gasteiger partial charge in [0.2, 0.25) is 0 Å². The number of carbonyl (C=O) groups excluding carboxylic acids is 1. The van der Waals surface area contributed by atoms with Gasteiger partial charge in [-0.3, -0.25) is 9.69 Å². The number of morpholine rings is 1. The number of carbonyl (C=O) groups is 1. The van der Waals surface area contributed by atoms with Gasteiger partial charge in [0, 0.05) is 38.3 Å². The van der Waals surface area contributed by atoms with Crippen LogP contribution >= 0.6 is 0 Å². The van der Waals surface area contributed by atoms with E-state index in [1.807, 2.05) is 24.1 Å². The van der Waals surface area contributed by atoms with Gasteiger partial charge in [-0.1, -0.05) is 12.1 Å². The Morgan fingerprint density at radius 3 is 2.36 bits per heavy atom. The molecule has 0 aliphatic carbocycles. The maximum Gasteiger partial charge on any atom is 0.253 e. The van der Waals surface area contributed by atoms with Crippen molar-refractivity contribution in [3.05, 3.63) is 35.4 Å². The van der Waals surface area contributed by atoms with Crippen molar-refractivity contribution in [3.8, 4) is 0 Å². The summed E-state index contributed by atoms with van der Waals surface area (Å²) in [5.74, 6) is 0.132. The van der Waals surface area contributed by atoms with Crippen LogP contribution in [0, 0.1) is 0 Å². The topological polar surface area (TPSA) is 44.8 Å². The van der Waals surface area contributed by atoms with Gasteiger partial charge in [0.05, 0.1) is 12.2 Å². The number of ether oxygens (including phenoxy) is 1. The molecule has 2 aliphatic rings. The Hall–Kier alpha value is -1.43. The van der Waals surface area contributed by atoms with Crippen LogP contribution in [-0.2, 0) is 11.3 Å². The van der Waals surface area contributed by atoms with Crippen LogP contribution in [0.4, 0.5) is 0 Å². The third kappa shape index (κ3) is 4.81. The van der Waals surface area contributed by atoms with Crippen LogP contribution in [0.3, 0.4) is 0 Å². The highest BCUT2D eigenvalue weighted by molar-refractivity contribution is 5.94. The number of piperidine rings is 1. The molecule has 0 saturated carbocycles. The lowest BCUT2D eigenvalue weighted by molar-refractivity contribution is -0.0704. The highest BCUT2D eigenvalue weighted by atomic mass is 16.5. The van der Waals surface area contributed by atoms with Gasteiger partial charge < -0.3 is 15.0 Å². The van der Waals surface area contributed by atoms with Crippen LogP contribution in [0.2, 0.25) is 0 Å². The minimum atomic E-state index is 0.132. The third-order valence-electron chi connectivity index (χ3n) is 5.28. The second-order valence-electron chi connectivity index (χ2n) is 7.55. The maximum absolute atomic E-state index is 12.7. The monoisotopic (exact) mass is 345 g/mol. The number of rotatable bonds is 4. The SMILES string of the molecule is C[C@@H]1CN(Cc2ccc(C(=O)N(C)C3CCNCC3)cc2)C[C@@H](C)O1. The van der Waals surface area contributed by atoms with Crippen molar-refractivity contribution in [2.45, 2.75) is 51.5 Å². The summed E-state index contributed by atoms with van der Waals surface area (Å²) in [5, 5.41) is 3.35. The fraction of sp³-hybridized carbons (Fsp3) is 0.650. The number of benzene rings is 1. The second-order valence-corrected chi connectivity index (χ2v) is 7.55. The summed E-state index contributed by atoms with van der Waals surface area (Å²) >= 11 is 0. The summed E-state index contributed by atoms with van der Waals surface area (Å²) in [6.07, 6.45) is 2.63. The fourth-order valence-corrected chi connectivity index (χ4v) is 3.99. The fourth-order valence-electron chi connectivity index (χ4n) is 3.99. The summed E-state index contributed by atoms with van der Waals surface area (Å²) < 4.78 is 5.79. The summed E-state index contributed by atoms with van der Waals surface area (Å²) in [4.78, 5) is 17.1. The molecule has 2 atom stereocenters. The molecule has 0 spiro atoms. The Bertz CT molecular complexity index is 559. The molecule has 138 valence electrons. The van der Waals surface area contributed by atoms with E-state index in [1.165, 1.54) is 5.56 Å². The van der Waals surface area contributed by atoms with Gasteiger partial charge in [-0.2, -0.15) is 0 Å². The molecule has 2 fully saturated rings. The lowest BCUT2D eigenvalue weighted by atomic mass is 10.0. The van der Waals surface area contributed by atoms with E-state index < -0.39 is 0 Å². The molecule has 1 N–H and O–H groups in total. The minimum absolute atomic E-state index is 0.132. The molecule has 1 aromatic rings. The summed E-state index contributed by atoms with van der Waals surface area (Å²) in [6, 6.07) is 8.48. The molecular formula is C20H31N3O2. The molecule has 0 bridgehead atoms. The van der Waals surface area contributed by atoms with Crippen molar-refractivity contribution in [1.29, 1.82) is 0 Å². The van der Waals surface area contributed by atoms with Gasteiger partial charge in [-0.05, 0) is 57.5 Å². The van der Waals surface area contributed by atoms with E-state index in [2.05, 4.69) is 36.2 Å². The van der Waals surface area contributed by atoms with E-state index >= 15 is 0 Å². The Labute approximate surface area is 151 Å². The van der Waals surface area contributed by atoms with E-state index in [-0.39, 0.29) is 18.1 Å². The van der Waals surface area contributed by atoms with Crippen molar-refractivity contribution in [1.82, 2.24) is 15.1 Å². The van der Waals surface area contributed by atoms with Crippen LogP contribution < -0.4 is 5.32 Å². The smallest absolute Gasteiger partial charge is 0.253 e. The molecule has 2 heterocycles. The van der Waals surface area contributed by atoms with Crippen LogP contribution in [0.25, 0.3) is 0 Å². The molecule has 1 amide bonds. The standard InChI is InChI=1S/C20H31N3O2/c1-15-12-23(13-16(2)25-15)14-17-4-6-18(7-5-17)20(24)22(3)19-8-10-21-11-9-19/h4-7,15-16,19,21H,8-14H2,1-3H3/t15-,16-/m1/s1. The maximum atomic E-state index is 12.7. The van der Waals surface area contributed by atoms with Crippen LogP contribution in [0.15, 0.2) is 24.3 Å². The van der Waals surface area contributed by atoms with Crippen molar-refractivity contribution in [2.24, 2.45) is 0 Å². The summed E-state index contributed by atoms with van der Waals surface area (Å²) in [7, 11) is 1.93. The molecule has 0 unspecified atom stereocenters. The number of hydrogen-bond donors (Lipinski definition) is 1. The van der Waals surface area contributed by atoms with Gasteiger partial charge in [-0.25, -0.2) is 0 Å². The van der Waals surface area contributed by atoms with E-state index in [1.54, 1.807) is 0 Å². The predicted molar refractivity (Wildman–Crippen MR) is 99.7 cm³/mol. The zero-order valence-electron chi connectivity index (χ0n) is 15.7. The number of nitrogens with one attached hydrogen (secondary N) is 1. The van der Waals surface area contributed by atoms with E-state index in [9.17, 15) is 4.79 Å². The van der Waals surface area contributed by atoms with Gasteiger partial charge >= 0.3 is 0 Å². The first-order chi connectivity index (χ1) is 12.0. The van der Waals surface area contributed by atoms with E-state index in [0.717, 1.165) is 51.1 Å². The molecule has 2 aliphatic heterocycles. The average molecular weight is 345 g/mol. The third-order valence-corrected chi connectivity index (χ3v) is 5.28. The second kappa shape index (κ2) is 8.30. The molecule has 2 saturated heterocycles. The lowest BCUT2D eigenvalue weighted by Gasteiger charge is -2.35. The minimum Gasteiger partial charge on any atom is -0.373 e. The predicted octanol–water partition coefficient (Wildman–Crippen LogP) is 2.12. The Kier molecular flexibility index (Phi) is 6.10. The normalized spacial score (nSPS) is 25.7. The van der Waals surface area contributed by atoms with Crippen LogP contribution in [-0.4, -0.2) is 67.2 Å². The molecule has 25 heavy (non-hydrogen) atoms. The van der Waals surface area contributed by atoms with Crippen LogP contribution in [0.1, 0.15) is 42.6 Å². The molecule has 5 nitrogen and oxygen atoms in total. The Morgan fingerprint density at radius 2 is 1.76 bits per heavy atom. The van der Waals surface area contributed by atoms with E-state index in [4.69, 9.17) is 4.74 Å². The number of hydrogen-bond acceptors (Lipinski definition) is 4. The number of amides is 1. The zero-order chi connectivity index (χ0) is 17.8. The summed E-state index contributed by atoms with van der Waals surface area (Å²) in [6.45, 7) is 9.08. The van der Waals surface area contributed by atoms with E-state index in [0.29, 0.717) is 6.04 Å². The van der Waals surface area contributed by atoms with Crippen molar-refractivity contribution in [2.75, 3.05) is 33.2 Å². The largest absolute Gasteiger partial charge is 0.373 e. The van der Waals surface area contributed by atoms with Gasteiger partial charge in [0.1, 0.15) is 0 Å². The lowest BCUT2D eigenvalue weighted by Crippen LogP contribution is -2.44. The first-order valence-electron chi connectivity index (χ1n) is 9.47. The Balaban J connectivity index is 1.58. The van der Waals surface area contributed by atoms with Gasteiger partial charge in [-0.15, -0.1) is 0 Å². The van der Waals surface area contributed by atoms with Crippen molar-refractivity contribution < 1.29 is 9.53 Å². The molecular weight excluding hydrogens is 314 g/mol. The molecule has 5 heteroatoms. The average Bonchev–Trinajstić information content (AvgIpc) is 2.61. The molecule has 0 aromatic heterocycles. The molecule has 0 radical (unpaired) electrons.